The van der Waals surface area contributed by atoms with E-state index in [1.807, 2.05) is 0 Å². The molecule has 0 aliphatic rings. The number of methoxy groups -OCH3 is 1. The standard InChI is InChI=1S/C27H30N6O8S/c1-40-22-13-15-23(16-14-22)42(38,39)32(27(35)41-18-19-6-3-2-4-7-19)24(8-5-17-30-26(28)29)25(34)31-20-9-11-21(12-10-20)33(36)37/h2-4,6-7,9-16,24H,5,8,17-18H2,1H3,(H,31,34)(H4,28,29,30)/t24-/m0/s1. The zero-order chi connectivity index (χ0) is 30.7. The second-order valence-corrected chi connectivity index (χ2v) is 10.6. The number of nitro benzene ring substituents is 1. The largest absolute Gasteiger partial charge is 0.497 e. The molecule has 15 heteroatoms. The van der Waals surface area contributed by atoms with Gasteiger partial charge in [-0.05, 0) is 54.8 Å². The quantitative estimate of drug-likeness (QED) is 0.0860. The van der Waals surface area contributed by atoms with E-state index in [1.165, 1.54) is 55.6 Å². The summed E-state index contributed by atoms with van der Waals surface area (Å²) in [6.45, 7) is -0.224. The van der Waals surface area contributed by atoms with Crippen LogP contribution in [0.5, 0.6) is 5.75 Å². The lowest BCUT2D eigenvalue weighted by molar-refractivity contribution is -0.384. The summed E-state index contributed by atoms with van der Waals surface area (Å²) in [4.78, 5) is 41.1. The average molecular weight is 599 g/mol. The Morgan fingerprint density at radius 3 is 2.24 bits per heavy atom. The molecule has 3 aromatic carbocycles. The van der Waals surface area contributed by atoms with Crippen molar-refractivity contribution in [3.05, 3.63) is 94.5 Å². The summed E-state index contributed by atoms with van der Waals surface area (Å²) >= 11 is 0. The molecule has 222 valence electrons. The Labute approximate surface area is 242 Å². The average Bonchev–Trinajstić information content (AvgIpc) is 2.98. The number of sulfonamides is 1. The molecule has 0 heterocycles. The SMILES string of the molecule is COc1ccc(S(=O)(=O)N(C(=O)OCc2ccccc2)[C@@H](CCCN=C(N)N)C(=O)Nc2ccc([N+](=O)[O-])cc2)cc1. The maximum Gasteiger partial charge on any atom is 0.424 e. The molecular formula is C27H30N6O8S. The number of benzene rings is 3. The molecule has 3 aromatic rings. The minimum absolute atomic E-state index is 0.0408. The molecule has 0 aliphatic carbocycles. The number of nitrogens with two attached hydrogens (primary N) is 2. The molecule has 14 nitrogen and oxygen atoms in total. The van der Waals surface area contributed by atoms with Crippen LogP contribution in [0.15, 0.2) is 88.8 Å². The molecule has 2 amide bonds. The number of amides is 2. The number of hydrogen-bond acceptors (Lipinski definition) is 9. The van der Waals surface area contributed by atoms with Crippen LogP contribution in [0.4, 0.5) is 16.2 Å². The van der Waals surface area contributed by atoms with Gasteiger partial charge < -0.3 is 26.3 Å². The number of hydrogen-bond donors (Lipinski definition) is 3. The van der Waals surface area contributed by atoms with Crippen LogP contribution in [-0.2, 0) is 26.2 Å². The van der Waals surface area contributed by atoms with E-state index in [9.17, 15) is 28.1 Å². The van der Waals surface area contributed by atoms with Gasteiger partial charge in [-0.15, -0.1) is 0 Å². The Kier molecular flexibility index (Phi) is 10.8. The van der Waals surface area contributed by atoms with Crippen molar-refractivity contribution in [3.8, 4) is 5.75 Å². The van der Waals surface area contributed by atoms with Crippen molar-refractivity contribution in [2.45, 2.75) is 30.4 Å². The first kappa shape index (κ1) is 31.3. The molecule has 5 N–H and O–H groups in total. The molecule has 0 aliphatic heterocycles. The zero-order valence-electron chi connectivity index (χ0n) is 22.6. The van der Waals surface area contributed by atoms with Gasteiger partial charge >= 0.3 is 6.09 Å². The Bertz CT molecular complexity index is 1510. The van der Waals surface area contributed by atoms with Crippen molar-refractivity contribution in [1.29, 1.82) is 0 Å². The van der Waals surface area contributed by atoms with Crippen molar-refractivity contribution in [2.75, 3.05) is 19.0 Å². The second kappa shape index (κ2) is 14.5. The van der Waals surface area contributed by atoms with Gasteiger partial charge in [0, 0.05) is 24.4 Å². The molecule has 0 bridgehead atoms. The van der Waals surface area contributed by atoms with Gasteiger partial charge in [-0.2, -0.15) is 4.31 Å². The number of anilines is 1. The number of ether oxygens (including phenoxy) is 2. The van der Waals surface area contributed by atoms with E-state index in [0.717, 1.165) is 0 Å². The van der Waals surface area contributed by atoms with Crippen molar-refractivity contribution >= 4 is 39.4 Å². The van der Waals surface area contributed by atoms with Gasteiger partial charge in [0.05, 0.1) is 16.9 Å². The van der Waals surface area contributed by atoms with E-state index in [-0.39, 0.29) is 48.2 Å². The highest BCUT2D eigenvalue weighted by Gasteiger charge is 2.41. The smallest absolute Gasteiger partial charge is 0.424 e. The predicted octanol–water partition coefficient (Wildman–Crippen LogP) is 2.99. The third kappa shape index (κ3) is 8.41. The second-order valence-electron chi connectivity index (χ2n) is 8.77. The molecular weight excluding hydrogens is 568 g/mol. The minimum atomic E-state index is -4.67. The fourth-order valence-corrected chi connectivity index (χ4v) is 5.27. The van der Waals surface area contributed by atoms with Gasteiger partial charge in [-0.25, -0.2) is 13.2 Å². The maximum absolute atomic E-state index is 13.9. The van der Waals surface area contributed by atoms with Gasteiger partial charge in [0.2, 0.25) is 5.91 Å². The van der Waals surface area contributed by atoms with Crippen LogP contribution in [-0.4, -0.2) is 55.3 Å². The van der Waals surface area contributed by atoms with Gasteiger partial charge in [0.15, 0.2) is 5.96 Å². The van der Waals surface area contributed by atoms with Crippen LogP contribution in [0.25, 0.3) is 0 Å². The molecule has 3 rings (SSSR count). The van der Waals surface area contributed by atoms with Gasteiger partial charge in [-0.1, -0.05) is 30.3 Å². The van der Waals surface area contributed by atoms with E-state index in [1.54, 1.807) is 30.3 Å². The Balaban J connectivity index is 2.01. The van der Waals surface area contributed by atoms with Gasteiger partial charge in [0.25, 0.3) is 15.7 Å². The summed E-state index contributed by atoms with van der Waals surface area (Å²) in [6.07, 6.45) is -1.37. The lowest BCUT2D eigenvalue weighted by Crippen LogP contribution is -2.50. The fraction of sp³-hybridized carbons (Fsp3) is 0.222. The zero-order valence-corrected chi connectivity index (χ0v) is 23.4. The first-order valence-electron chi connectivity index (χ1n) is 12.5. The number of nitrogens with zero attached hydrogens (tertiary/aromatic N) is 3. The summed E-state index contributed by atoms with van der Waals surface area (Å²) in [7, 11) is -3.26. The van der Waals surface area contributed by atoms with Crippen LogP contribution in [0, 0.1) is 10.1 Å². The third-order valence-corrected chi connectivity index (χ3v) is 7.65. The monoisotopic (exact) mass is 598 g/mol. The van der Waals surface area contributed by atoms with Crippen LogP contribution < -0.4 is 21.5 Å². The predicted molar refractivity (Wildman–Crippen MR) is 154 cm³/mol. The Hall–Kier alpha value is -5.18. The molecule has 0 fully saturated rings. The molecule has 0 saturated heterocycles. The lowest BCUT2D eigenvalue weighted by atomic mass is 10.1. The number of nitro groups is 1. The van der Waals surface area contributed by atoms with E-state index in [2.05, 4.69) is 10.3 Å². The van der Waals surface area contributed by atoms with Gasteiger partial charge in [-0.3, -0.25) is 19.9 Å². The summed E-state index contributed by atoms with van der Waals surface area (Å²) in [5.74, 6) is -0.717. The number of nitrogens with one attached hydrogen (secondary N) is 1. The summed E-state index contributed by atoms with van der Waals surface area (Å²) < 4.78 is 38.7. The minimum Gasteiger partial charge on any atom is -0.497 e. The number of guanidine groups is 1. The highest BCUT2D eigenvalue weighted by atomic mass is 32.2. The first-order chi connectivity index (χ1) is 20.0. The number of carbonyl (C=O) groups excluding carboxylic acids is 2. The van der Waals surface area contributed by atoms with Crippen molar-refractivity contribution < 1.29 is 32.4 Å². The molecule has 1 atom stereocenters. The fourth-order valence-electron chi connectivity index (χ4n) is 3.78. The lowest BCUT2D eigenvalue weighted by Gasteiger charge is -2.29. The van der Waals surface area contributed by atoms with Crippen LogP contribution in [0.2, 0.25) is 0 Å². The Morgan fingerprint density at radius 1 is 1.02 bits per heavy atom. The van der Waals surface area contributed by atoms with E-state index < -0.39 is 33.0 Å². The summed E-state index contributed by atoms with van der Waals surface area (Å²) in [5, 5.41) is 13.5. The topological polar surface area (TPSA) is 210 Å². The highest BCUT2D eigenvalue weighted by Crippen LogP contribution is 2.26. The molecule has 0 radical (unpaired) electrons. The van der Waals surface area contributed by atoms with E-state index >= 15 is 0 Å². The molecule has 42 heavy (non-hydrogen) atoms. The maximum atomic E-state index is 13.9. The molecule has 0 spiro atoms. The van der Waals surface area contributed by atoms with Crippen LogP contribution in [0.3, 0.4) is 0 Å². The van der Waals surface area contributed by atoms with Crippen molar-refractivity contribution in [2.24, 2.45) is 16.5 Å². The third-order valence-electron chi connectivity index (χ3n) is 5.86. The molecule has 0 aromatic heterocycles. The number of carbonyl (C=O) groups is 2. The number of non-ortho nitro benzene ring substituents is 1. The normalized spacial score (nSPS) is 11.5. The first-order valence-corrected chi connectivity index (χ1v) is 14.0. The highest BCUT2D eigenvalue weighted by molar-refractivity contribution is 7.89. The van der Waals surface area contributed by atoms with Crippen LogP contribution >= 0.6 is 0 Å². The molecule has 0 unspecified atom stereocenters. The number of aliphatic imine (C=N–C) groups is 1. The van der Waals surface area contributed by atoms with E-state index in [0.29, 0.717) is 15.6 Å². The van der Waals surface area contributed by atoms with Crippen molar-refractivity contribution in [3.63, 3.8) is 0 Å². The van der Waals surface area contributed by atoms with Crippen LogP contribution in [0.1, 0.15) is 18.4 Å². The summed E-state index contributed by atoms with van der Waals surface area (Å²) in [6, 6.07) is 17.1. The van der Waals surface area contributed by atoms with Crippen molar-refractivity contribution in [1.82, 2.24) is 4.31 Å². The number of rotatable bonds is 13. The molecule has 0 saturated carbocycles. The van der Waals surface area contributed by atoms with Gasteiger partial charge in [0.1, 0.15) is 18.4 Å². The van der Waals surface area contributed by atoms with E-state index in [4.69, 9.17) is 20.9 Å². The summed E-state index contributed by atoms with van der Waals surface area (Å²) in [5.41, 5.74) is 11.3. The Morgan fingerprint density at radius 2 is 1.67 bits per heavy atom.